The van der Waals surface area contributed by atoms with E-state index in [9.17, 15) is 14.7 Å². The lowest BCUT2D eigenvalue weighted by Gasteiger charge is -2.35. The standard InChI is InChI=1S/C14H25NO4/c1-10(2)19-8-12(16)15-9-14(13(17)18)6-4-11(3)5-7-14/h10-11H,4-9H2,1-3H3,(H,15,16)(H,17,18). The van der Waals surface area contributed by atoms with E-state index in [1.165, 1.54) is 0 Å². The normalized spacial score (nSPS) is 27.3. The third-order valence-corrected chi connectivity index (χ3v) is 3.86. The second-order valence-corrected chi connectivity index (χ2v) is 5.90. The molecule has 19 heavy (non-hydrogen) atoms. The molecule has 0 unspecified atom stereocenters. The Morgan fingerprint density at radius 1 is 1.37 bits per heavy atom. The molecule has 0 aromatic carbocycles. The van der Waals surface area contributed by atoms with Crippen molar-refractivity contribution in [3.05, 3.63) is 0 Å². The summed E-state index contributed by atoms with van der Waals surface area (Å²) in [7, 11) is 0. The largest absolute Gasteiger partial charge is 0.481 e. The SMILES string of the molecule is CC1CCC(CNC(=O)COC(C)C)(C(=O)O)CC1. The number of rotatable bonds is 6. The highest BCUT2D eigenvalue weighted by molar-refractivity contribution is 5.79. The van der Waals surface area contributed by atoms with Crippen LogP contribution in [0.3, 0.4) is 0 Å². The van der Waals surface area contributed by atoms with E-state index in [-0.39, 0.29) is 25.2 Å². The van der Waals surface area contributed by atoms with E-state index in [4.69, 9.17) is 4.74 Å². The van der Waals surface area contributed by atoms with Crippen LogP contribution in [0.5, 0.6) is 0 Å². The zero-order valence-corrected chi connectivity index (χ0v) is 12.1. The zero-order valence-electron chi connectivity index (χ0n) is 12.1. The van der Waals surface area contributed by atoms with Crippen molar-refractivity contribution in [2.45, 2.75) is 52.6 Å². The average molecular weight is 271 g/mol. The van der Waals surface area contributed by atoms with Crippen molar-refractivity contribution in [1.82, 2.24) is 5.32 Å². The lowest BCUT2D eigenvalue weighted by atomic mass is 9.71. The van der Waals surface area contributed by atoms with E-state index in [1.807, 2.05) is 13.8 Å². The minimum absolute atomic E-state index is 0.00489. The number of nitrogens with one attached hydrogen (secondary N) is 1. The quantitative estimate of drug-likeness (QED) is 0.772. The molecule has 5 heteroatoms. The van der Waals surface area contributed by atoms with Gasteiger partial charge in [0.05, 0.1) is 11.5 Å². The van der Waals surface area contributed by atoms with Crippen LogP contribution in [0.4, 0.5) is 0 Å². The molecule has 1 amide bonds. The van der Waals surface area contributed by atoms with Gasteiger partial charge in [-0.05, 0) is 45.4 Å². The van der Waals surface area contributed by atoms with Gasteiger partial charge in [0.15, 0.2) is 0 Å². The first-order valence-electron chi connectivity index (χ1n) is 6.97. The van der Waals surface area contributed by atoms with Gasteiger partial charge in [0, 0.05) is 6.54 Å². The maximum Gasteiger partial charge on any atom is 0.311 e. The van der Waals surface area contributed by atoms with Crippen molar-refractivity contribution in [1.29, 1.82) is 0 Å². The number of carbonyl (C=O) groups is 2. The second-order valence-electron chi connectivity index (χ2n) is 5.90. The van der Waals surface area contributed by atoms with Crippen LogP contribution < -0.4 is 5.32 Å². The molecule has 0 aromatic heterocycles. The fourth-order valence-corrected chi connectivity index (χ4v) is 2.34. The summed E-state index contributed by atoms with van der Waals surface area (Å²) in [6.45, 7) is 6.04. The van der Waals surface area contributed by atoms with Crippen LogP contribution in [0.25, 0.3) is 0 Å². The van der Waals surface area contributed by atoms with E-state index < -0.39 is 11.4 Å². The van der Waals surface area contributed by atoms with Crippen LogP contribution in [0.15, 0.2) is 0 Å². The maximum absolute atomic E-state index is 11.6. The van der Waals surface area contributed by atoms with Crippen LogP contribution in [-0.2, 0) is 14.3 Å². The molecule has 0 bridgehead atoms. The Hall–Kier alpha value is -1.10. The lowest BCUT2D eigenvalue weighted by molar-refractivity contribution is -0.151. The van der Waals surface area contributed by atoms with E-state index in [2.05, 4.69) is 12.2 Å². The topological polar surface area (TPSA) is 75.6 Å². The third kappa shape index (κ3) is 4.82. The Labute approximate surface area is 114 Å². The molecule has 2 N–H and O–H groups in total. The third-order valence-electron chi connectivity index (χ3n) is 3.86. The van der Waals surface area contributed by atoms with Crippen molar-refractivity contribution >= 4 is 11.9 Å². The Kier molecular flexibility index (Phi) is 5.79. The fraction of sp³-hybridized carbons (Fsp3) is 0.857. The molecule has 0 atom stereocenters. The molecular weight excluding hydrogens is 246 g/mol. The minimum Gasteiger partial charge on any atom is -0.481 e. The molecule has 0 aromatic rings. The molecule has 1 rings (SSSR count). The Morgan fingerprint density at radius 2 is 1.95 bits per heavy atom. The minimum atomic E-state index is -0.801. The van der Waals surface area contributed by atoms with Gasteiger partial charge in [-0.3, -0.25) is 9.59 Å². The molecule has 0 heterocycles. The number of carboxylic acid groups (broad SMARTS) is 1. The highest BCUT2D eigenvalue weighted by atomic mass is 16.5. The van der Waals surface area contributed by atoms with Crippen LogP contribution in [0.1, 0.15) is 46.5 Å². The lowest BCUT2D eigenvalue weighted by Crippen LogP contribution is -2.46. The number of amides is 1. The summed E-state index contributed by atoms with van der Waals surface area (Å²) < 4.78 is 5.19. The van der Waals surface area contributed by atoms with Gasteiger partial charge in [0.1, 0.15) is 6.61 Å². The number of hydrogen-bond donors (Lipinski definition) is 2. The molecule has 1 aliphatic rings. The van der Waals surface area contributed by atoms with Gasteiger partial charge in [-0.1, -0.05) is 6.92 Å². The first-order chi connectivity index (χ1) is 8.85. The first-order valence-corrected chi connectivity index (χ1v) is 6.97. The highest BCUT2D eigenvalue weighted by Crippen LogP contribution is 2.38. The molecule has 0 radical (unpaired) electrons. The van der Waals surface area contributed by atoms with E-state index in [0.29, 0.717) is 18.8 Å². The van der Waals surface area contributed by atoms with Crippen molar-refractivity contribution < 1.29 is 19.4 Å². The fourth-order valence-electron chi connectivity index (χ4n) is 2.34. The van der Waals surface area contributed by atoms with Gasteiger partial charge in [-0.15, -0.1) is 0 Å². The molecule has 0 spiro atoms. The number of carbonyl (C=O) groups excluding carboxylic acids is 1. The summed E-state index contributed by atoms with van der Waals surface area (Å²) in [5.41, 5.74) is -0.792. The first kappa shape index (κ1) is 16.0. The van der Waals surface area contributed by atoms with Gasteiger partial charge in [0.25, 0.3) is 0 Å². The average Bonchev–Trinajstić information content (AvgIpc) is 2.35. The van der Waals surface area contributed by atoms with Gasteiger partial charge < -0.3 is 15.2 Å². The highest BCUT2D eigenvalue weighted by Gasteiger charge is 2.41. The van der Waals surface area contributed by atoms with Crippen LogP contribution in [0, 0.1) is 11.3 Å². The zero-order chi connectivity index (χ0) is 14.5. The molecule has 1 aliphatic carbocycles. The monoisotopic (exact) mass is 271 g/mol. The van der Waals surface area contributed by atoms with Crippen molar-refractivity contribution in [2.24, 2.45) is 11.3 Å². The van der Waals surface area contributed by atoms with E-state index in [1.54, 1.807) is 0 Å². The van der Waals surface area contributed by atoms with Crippen molar-refractivity contribution in [3.63, 3.8) is 0 Å². The number of hydrogen-bond acceptors (Lipinski definition) is 3. The summed E-state index contributed by atoms with van der Waals surface area (Å²) in [6, 6.07) is 0. The van der Waals surface area contributed by atoms with Gasteiger partial charge >= 0.3 is 5.97 Å². The Morgan fingerprint density at radius 3 is 2.42 bits per heavy atom. The molecule has 5 nitrogen and oxygen atoms in total. The maximum atomic E-state index is 11.6. The van der Waals surface area contributed by atoms with Gasteiger partial charge in [0.2, 0.25) is 5.91 Å². The molecule has 1 fully saturated rings. The Balaban J connectivity index is 2.46. The Bertz CT molecular complexity index is 319. The molecule has 1 saturated carbocycles. The van der Waals surface area contributed by atoms with Crippen molar-refractivity contribution in [2.75, 3.05) is 13.2 Å². The van der Waals surface area contributed by atoms with Crippen LogP contribution in [-0.4, -0.2) is 36.2 Å². The van der Waals surface area contributed by atoms with E-state index >= 15 is 0 Å². The summed E-state index contributed by atoms with van der Waals surface area (Å²) >= 11 is 0. The smallest absolute Gasteiger partial charge is 0.311 e. The predicted molar refractivity (Wildman–Crippen MR) is 71.8 cm³/mol. The second kappa shape index (κ2) is 6.89. The van der Waals surface area contributed by atoms with E-state index in [0.717, 1.165) is 12.8 Å². The van der Waals surface area contributed by atoms with Crippen LogP contribution >= 0.6 is 0 Å². The van der Waals surface area contributed by atoms with Gasteiger partial charge in [-0.2, -0.15) is 0 Å². The predicted octanol–water partition coefficient (Wildman–Crippen LogP) is 1.81. The number of aliphatic carboxylic acids is 1. The summed E-state index contributed by atoms with van der Waals surface area (Å²) in [5.74, 6) is -0.468. The van der Waals surface area contributed by atoms with Crippen LogP contribution in [0.2, 0.25) is 0 Å². The number of carboxylic acids is 1. The molecule has 110 valence electrons. The summed E-state index contributed by atoms with van der Waals surface area (Å²) in [4.78, 5) is 23.1. The summed E-state index contributed by atoms with van der Waals surface area (Å²) in [6.07, 6.45) is 3.08. The molecule has 0 saturated heterocycles. The van der Waals surface area contributed by atoms with Crippen molar-refractivity contribution in [3.8, 4) is 0 Å². The number of ether oxygens (including phenoxy) is 1. The summed E-state index contributed by atoms with van der Waals surface area (Å²) in [5, 5.41) is 12.1. The van der Waals surface area contributed by atoms with Gasteiger partial charge in [-0.25, -0.2) is 0 Å². The molecule has 0 aliphatic heterocycles. The molecular formula is C14H25NO4.